The molecule has 1 atom stereocenters. The predicted molar refractivity (Wildman–Crippen MR) is 90.2 cm³/mol. The average molecular weight is 320 g/mol. The summed E-state index contributed by atoms with van der Waals surface area (Å²) in [6, 6.07) is 6.39. The molecule has 1 rings (SSSR count). The largest absolute Gasteiger partial charge is 0.348 e. The van der Waals surface area contributed by atoms with Crippen molar-refractivity contribution in [1.82, 2.24) is 9.80 Å². The van der Waals surface area contributed by atoms with E-state index in [9.17, 15) is 14.4 Å². The average Bonchev–Trinajstić information content (AvgIpc) is 2.47. The highest BCUT2D eigenvalue weighted by Gasteiger charge is 2.20. The van der Waals surface area contributed by atoms with Crippen molar-refractivity contribution < 1.29 is 14.4 Å². The molecule has 1 aromatic rings. The summed E-state index contributed by atoms with van der Waals surface area (Å²) in [5, 5.41) is 5.44. The maximum atomic E-state index is 12.2. The van der Waals surface area contributed by atoms with Gasteiger partial charge in [0.05, 0.1) is 12.6 Å². The molecule has 0 saturated heterocycles. The van der Waals surface area contributed by atoms with E-state index in [0.717, 1.165) is 0 Å². The van der Waals surface area contributed by atoms with Crippen LogP contribution in [0.5, 0.6) is 0 Å². The van der Waals surface area contributed by atoms with Gasteiger partial charge in [0, 0.05) is 32.4 Å². The van der Waals surface area contributed by atoms with Crippen LogP contribution in [0.25, 0.3) is 0 Å². The normalized spacial score (nSPS) is 11.7. The Morgan fingerprint density at radius 1 is 1.00 bits per heavy atom. The highest BCUT2D eigenvalue weighted by Crippen LogP contribution is 2.14. The maximum Gasteiger partial charge on any atom is 0.241 e. The van der Waals surface area contributed by atoms with E-state index in [1.807, 2.05) is 0 Å². The second kappa shape index (κ2) is 8.28. The van der Waals surface area contributed by atoms with E-state index in [1.165, 1.54) is 11.8 Å². The van der Waals surface area contributed by atoms with Gasteiger partial charge in [-0.1, -0.05) is 0 Å². The number of hydrogen-bond donors (Lipinski definition) is 2. The molecule has 0 radical (unpaired) electrons. The topological polar surface area (TPSA) is 81.8 Å². The molecule has 7 nitrogen and oxygen atoms in total. The van der Waals surface area contributed by atoms with Crippen LogP contribution in [0.4, 0.5) is 11.4 Å². The summed E-state index contributed by atoms with van der Waals surface area (Å²) < 4.78 is 0. The van der Waals surface area contributed by atoms with Gasteiger partial charge < -0.3 is 15.5 Å². The van der Waals surface area contributed by atoms with Crippen molar-refractivity contribution in [3.05, 3.63) is 24.3 Å². The standard InChI is InChI=1S/C16H24N4O3/c1-11(20(5)10-15(22)19(3)4)16(23)18-14-8-6-13(7-9-14)17-12(2)21/h6-9,11H,10H2,1-5H3,(H,17,21)(H,18,23)/t11-/m0/s1. The lowest BCUT2D eigenvalue weighted by Gasteiger charge is -2.24. The number of nitrogens with zero attached hydrogens (tertiary/aromatic N) is 2. The first-order valence-electron chi connectivity index (χ1n) is 7.29. The molecule has 0 unspecified atom stereocenters. The number of rotatable bonds is 6. The molecule has 1 aromatic carbocycles. The number of anilines is 2. The van der Waals surface area contributed by atoms with E-state index in [-0.39, 0.29) is 24.3 Å². The van der Waals surface area contributed by atoms with Gasteiger partial charge >= 0.3 is 0 Å². The molecule has 3 amide bonds. The first kappa shape index (κ1) is 18.6. The van der Waals surface area contributed by atoms with Crippen LogP contribution in [0.15, 0.2) is 24.3 Å². The minimum Gasteiger partial charge on any atom is -0.348 e. The van der Waals surface area contributed by atoms with Gasteiger partial charge in [0.15, 0.2) is 0 Å². The third-order valence-corrected chi connectivity index (χ3v) is 3.40. The summed E-state index contributed by atoms with van der Waals surface area (Å²) >= 11 is 0. The van der Waals surface area contributed by atoms with Gasteiger partial charge in [0.1, 0.15) is 0 Å². The van der Waals surface area contributed by atoms with E-state index in [2.05, 4.69) is 10.6 Å². The van der Waals surface area contributed by atoms with Crippen molar-refractivity contribution in [3.63, 3.8) is 0 Å². The Kier molecular flexibility index (Phi) is 6.71. The summed E-state index contributed by atoms with van der Waals surface area (Å²) in [7, 11) is 5.08. The Morgan fingerprint density at radius 3 is 1.91 bits per heavy atom. The molecule has 0 aliphatic carbocycles. The van der Waals surface area contributed by atoms with Crippen LogP contribution in [0.1, 0.15) is 13.8 Å². The maximum absolute atomic E-state index is 12.2. The van der Waals surface area contributed by atoms with Crippen molar-refractivity contribution in [2.45, 2.75) is 19.9 Å². The zero-order valence-corrected chi connectivity index (χ0v) is 14.2. The molecule has 0 aliphatic rings. The fourth-order valence-electron chi connectivity index (χ4n) is 1.78. The molecule has 0 aromatic heterocycles. The quantitative estimate of drug-likeness (QED) is 0.819. The lowest BCUT2D eigenvalue weighted by molar-refractivity contribution is -0.131. The highest BCUT2D eigenvalue weighted by atomic mass is 16.2. The fourth-order valence-corrected chi connectivity index (χ4v) is 1.78. The van der Waals surface area contributed by atoms with Gasteiger partial charge in [0.25, 0.3) is 0 Å². The van der Waals surface area contributed by atoms with E-state index in [4.69, 9.17) is 0 Å². The van der Waals surface area contributed by atoms with Crippen molar-refractivity contribution >= 4 is 29.1 Å². The molecule has 7 heteroatoms. The van der Waals surface area contributed by atoms with Gasteiger partial charge in [0.2, 0.25) is 17.7 Å². The van der Waals surface area contributed by atoms with Crippen LogP contribution < -0.4 is 10.6 Å². The summed E-state index contributed by atoms with van der Waals surface area (Å²) in [6.45, 7) is 3.34. The number of amides is 3. The van der Waals surface area contributed by atoms with Gasteiger partial charge in [-0.15, -0.1) is 0 Å². The summed E-state index contributed by atoms with van der Waals surface area (Å²) in [5.74, 6) is -0.416. The Labute approximate surface area is 136 Å². The lowest BCUT2D eigenvalue weighted by Crippen LogP contribution is -2.44. The molecule has 0 bridgehead atoms. The van der Waals surface area contributed by atoms with Gasteiger partial charge in [-0.05, 0) is 38.2 Å². The number of likely N-dealkylation sites (N-methyl/N-ethyl adjacent to an activating group) is 2. The molecule has 0 saturated carbocycles. The van der Waals surface area contributed by atoms with Crippen LogP contribution in [-0.2, 0) is 14.4 Å². The van der Waals surface area contributed by atoms with Crippen LogP contribution in [0, 0.1) is 0 Å². The first-order valence-corrected chi connectivity index (χ1v) is 7.29. The summed E-state index contributed by atoms with van der Waals surface area (Å²) in [6.07, 6.45) is 0. The predicted octanol–water partition coefficient (Wildman–Crippen LogP) is 0.992. The number of hydrogen-bond acceptors (Lipinski definition) is 4. The van der Waals surface area contributed by atoms with E-state index < -0.39 is 6.04 Å². The van der Waals surface area contributed by atoms with Gasteiger partial charge in [-0.3, -0.25) is 19.3 Å². The first-order chi connectivity index (χ1) is 10.7. The summed E-state index contributed by atoms with van der Waals surface area (Å²) in [5.41, 5.74) is 1.29. The third-order valence-electron chi connectivity index (χ3n) is 3.40. The van der Waals surface area contributed by atoms with Gasteiger partial charge in [-0.2, -0.15) is 0 Å². The molecule has 0 aliphatic heterocycles. The molecule has 0 heterocycles. The Bertz CT molecular complexity index is 569. The molecule has 126 valence electrons. The van der Waals surface area contributed by atoms with Crippen LogP contribution in [0.3, 0.4) is 0 Å². The van der Waals surface area contributed by atoms with Crippen molar-refractivity contribution in [2.75, 3.05) is 38.3 Å². The smallest absolute Gasteiger partial charge is 0.241 e. The van der Waals surface area contributed by atoms with E-state index >= 15 is 0 Å². The Morgan fingerprint density at radius 2 is 1.48 bits per heavy atom. The molecule has 23 heavy (non-hydrogen) atoms. The fraction of sp³-hybridized carbons (Fsp3) is 0.438. The van der Waals surface area contributed by atoms with Crippen LogP contribution in [-0.4, -0.2) is 61.3 Å². The van der Waals surface area contributed by atoms with Crippen molar-refractivity contribution in [2.24, 2.45) is 0 Å². The second-order valence-corrected chi connectivity index (χ2v) is 5.63. The molecular weight excluding hydrogens is 296 g/mol. The molecular formula is C16H24N4O3. The number of benzene rings is 1. The summed E-state index contributed by atoms with van der Waals surface area (Å²) in [4.78, 5) is 38.0. The highest BCUT2D eigenvalue weighted by molar-refractivity contribution is 5.95. The van der Waals surface area contributed by atoms with Crippen LogP contribution >= 0.6 is 0 Å². The molecule has 2 N–H and O–H groups in total. The monoisotopic (exact) mass is 320 g/mol. The zero-order valence-electron chi connectivity index (χ0n) is 14.2. The number of nitrogens with one attached hydrogen (secondary N) is 2. The second-order valence-electron chi connectivity index (χ2n) is 5.63. The SMILES string of the molecule is CC(=O)Nc1ccc(NC(=O)[C@H](C)N(C)CC(=O)N(C)C)cc1. The Balaban J connectivity index is 2.60. The molecule has 0 spiro atoms. The van der Waals surface area contributed by atoms with E-state index in [1.54, 1.807) is 57.2 Å². The lowest BCUT2D eigenvalue weighted by atomic mass is 10.2. The molecule has 0 fully saturated rings. The minimum atomic E-state index is -0.450. The minimum absolute atomic E-state index is 0.0631. The third kappa shape index (κ3) is 6.07. The zero-order chi connectivity index (χ0) is 17.6. The number of carbonyl (C=O) groups excluding carboxylic acids is 3. The van der Waals surface area contributed by atoms with Gasteiger partial charge in [-0.25, -0.2) is 0 Å². The van der Waals surface area contributed by atoms with Crippen molar-refractivity contribution in [1.29, 1.82) is 0 Å². The van der Waals surface area contributed by atoms with E-state index in [0.29, 0.717) is 11.4 Å². The number of carbonyl (C=O) groups is 3. The van der Waals surface area contributed by atoms with Crippen LogP contribution in [0.2, 0.25) is 0 Å². The Hall–Kier alpha value is -2.41. The van der Waals surface area contributed by atoms with Crippen molar-refractivity contribution in [3.8, 4) is 0 Å².